The second-order valence-corrected chi connectivity index (χ2v) is 12.0. The maximum absolute atomic E-state index is 14.2. The van der Waals surface area contributed by atoms with Gasteiger partial charge in [0.2, 0.25) is 11.8 Å². The molecule has 2 aliphatic rings. The van der Waals surface area contributed by atoms with Crippen molar-refractivity contribution < 1.29 is 14.0 Å². The number of nitrogens with two attached hydrogens (primary N) is 1. The number of alkyl halides is 1. The van der Waals surface area contributed by atoms with Crippen LogP contribution in [0.25, 0.3) is 22.4 Å². The van der Waals surface area contributed by atoms with Crippen LogP contribution in [-0.4, -0.2) is 40.5 Å². The molecule has 0 unspecified atom stereocenters. The van der Waals surface area contributed by atoms with Crippen molar-refractivity contribution in [1.29, 1.82) is 0 Å². The minimum Gasteiger partial charge on any atom is -0.343 e. The fourth-order valence-corrected chi connectivity index (χ4v) is 6.50. The number of hydrogen-bond donors (Lipinski definition) is 2. The molecule has 40 heavy (non-hydrogen) atoms. The quantitative estimate of drug-likeness (QED) is 0.359. The molecule has 3 aromatic rings. The highest BCUT2D eigenvalue weighted by Gasteiger charge is 2.51. The summed E-state index contributed by atoms with van der Waals surface area (Å²) in [6.07, 6.45) is 6.53. The van der Waals surface area contributed by atoms with Gasteiger partial charge in [0.25, 0.3) is 0 Å². The van der Waals surface area contributed by atoms with E-state index in [1.807, 2.05) is 72.6 Å². The second kappa shape index (κ2) is 11.1. The predicted octanol–water partition coefficient (Wildman–Crippen LogP) is 6.46. The second-order valence-electron chi connectivity index (χ2n) is 12.0. The van der Waals surface area contributed by atoms with E-state index in [4.69, 9.17) is 10.7 Å². The predicted molar refractivity (Wildman–Crippen MR) is 157 cm³/mol. The Morgan fingerprint density at radius 2 is 1.68 bits per heavy atom. The number of hydrogen-bond acceptors (Lipinski definition) is 4. The number of rotatable bonds is 7. The molecule has 0 atom stereocenters. The van der Waals surface area contributed by atoms with Crippen molar-refractivity contribution in [2.75, 3.05) is 12.4 Å². The maximum Gasteiger partial charge on any atom is 0.224 e. The number of amides is 2. The summed E-state index contributed by atoms with van der Waals surface area (Å²) in [4.78, 5) is 31.3. The van der Waals surface area contributed by atoms with Crippen LogP contribution < -0.4 is 11.1 Å². The molecule has 0 saturated heterocycles. The number of aromatic nitrogens is 1. The Bertz CT molecular complexity index is 1360. The van der Waals surface area contributed by atoms with Crippen LogP contribution in [0.1, 0.15) is 64.4 Å². The summed E-state index contributed by atoms with van der Waals surface area (Å²) in [5.41, 5.74) is 9.87. The Balaban J connectivity index is 1.30. The standard InChI is InChI=1S/C33H39FN4O2/c1-22(39)38(3)28-15-9-23(10-16-28)17-30(40)37-27-18-29(24-7-5-4-6-8-24)31(36-19-27)25-11-13-26(14-12-25)33(35)20-32(2,34)21-33/h4-8,11-14,18-19,23,28H,9-10,15-17,20-21,35H2,1-3H3,(H,37,40). The number of carbonyl (C=O) groups is 2. The molecule has 2 aromatic carbocycles. The zero-order valence-electron chi connectivity index (χ0n) is 23.6. The zero-order chi connectivity index (χ0) is 28.5. The van der Waals surface area contributed by atoms with Gasteiger partial charge in [-0.3, -0.25) is 14.6 Å². The number of anilines is 1. The first-order valence-corrected chi connectivity index (χ1v) is 14.2. The molecule has 5 rings (SSSR count). The molecule has 2 fully saturated rings. The van der Waals surface area contributed by atoms with E-state index in [2.05, 4.69) is 5.32 Å². The Morgan fingerprint density at radius 3 is 2.27 bits per heavy atom. The van der Waals surface area contributed by atoms with Crippen LogP contribution in [0.5, 0.6) is 0 Å². The van der Waals surface area contributed by atoms with E-state index in [1.54, 1.807) is 20.0 Å². The molecule has 3 N–H and O–H groups in total. The molecule has 2 aliphatic carbocycles. The SMILES string of the molecule is CC(=O)N(C)C1CCC(CC(=O)Nc2cnc(-c3ccc(C4(N)CC(C)(F)C4)cc3)c(-c3ccccc3)c2)CC1. The van der Waals surface area contributed by atoms with E-state index >= 15 is 0 Å². The summed E-state index contributed by atoms with van der Waals surface area (Å²) in [5.74, 6) is 0.385. The minimum atomic E-state index is -1.21. The molecule has 1 aromatic heterocycles. The van der Waals surface area contributed by atoms with E-state index in [0.29, 0.717) is 30.9 Å². The van der Waals surface area contributed by atoms with Gasteiger partial charge in [0.05, 0.1) is 17.6 Å². The monoisotopic (exact) mass is 542 g/mol. The van der Waals surface area contributed by atoms with Gasteiger partial charge in [0.15, 0.2) is 0 Å². The van der Waals surface area contributed by atoms with Gasteiger partial charge in [-0.2, -0.15) is 0 Å². The van der Waals surface area contributed by atoms with Crippen molar-refractivity contribution in [1.82, 2.24) is 9.88 Å². The molecule has 0 bridgehead atoms. The van der Waals surface area contributed by atoms with E-state index in [1.165, 1.54) is 0 Å². The first kappa shape index (κ1) is 28.0. The highest BCUT2D eigenvalue weighted by Crippen LogP contribution is 2.49. The van der Waals surface area contributed by atoms with E-state index in [9.17, 15) is 14.0 Å². The average molecular weight is 543 g/mol. The van der Waals surface area contributed by atoms with E-state index in [0.717, 1.165) is 53.6 Å². The van der Waals surface area contributed by atoms with Crippen LogP contribution >= 0.6 is 0 Å². The van der Waals surface area contributed by atoms with Crippen molar-refractivity contribution in [2.45, 2.75) is 76.0 Å². The fourth-order valence-electron chi connectivity index (χ4n) is 6.50. The van der Waals surface area contributed by atoms with Crippen molar-refractivity contribution >= 4 is 17.5 Å². The number of nitrogens with zero attached hydrogens (tertiary/aromatic N) is 2. The lowest BCUT2D eigenvalue weighted by Gasteiger charge is -2.48. The number of pyridine rings is 1. The first-order chi connectivity index (χ1) is 19.0. The highest BCUT2D eigenvalue weighted by molar-refractivity contribution is 5.93. The third-order valence-corrected chi connectivity index (χ3v) is 8.69. The van der Waals surface area contributed by atoms with Crippen LogP contribution in [0.4, 0.5) is 10.1 Å². The molecule has 0 spiro atoms. The van der Waals surface area contributed by atoms with Crippen LogP contribution in [0, 0.1) is 5.92 Å². The van der Waals surface area contributed by atoms with Crippen molar-refractivity contribution in [3.8, 4) is 22.4 Å². The summed E-state index contributed by atoms with van der Waals surface area (Å²) in [7, 11) is 1.86. The summed E-state index contributed by atoms with van der Waals surface area (Å²) >= 11 is 0. The minimum absolute atomic E-state index is 0.0186. The Labute approximate surface area is 236 Å². The van der Waals surface area contributed by atoms with Gasteiger partial charge >= 0.3 is 0 Å². The molecule has 2 amide bonds. The molecule has 0 aliphatic heterocycles. The summed E-state index contributed by atoms with van der Waals surface area (Å²) in [6.45, 7) is 3.20. The molecule has 1 heterocycles. The van der Waals surface area contributed by atoms with Gasteiger partial charge in [0, 0.05) is 55.9 Å². The third kappa shape index (κ3) is 6.09. The Hall–Kier alpha value is -3.58. The molecular weight excluding hydrogens is 503 g/mol. The van der Waals surface area contributed by atoms with Crippen LogP contribution in [0.3, 0.4) is 0 Å². The Kier molecular flexibility index (Phi) is 7.78. The average Bonchev–Trinajstić information content (AvgIpc) is 2.92. The lowest BCUT2D eigenvalue weighted by Crippen LogP contribution is -2.56. The highest BCUT2D eigenvalue weighted by atomic mass is 19.1. The number of benzene rings is 2. The smallest absolute Gasteiger partial charge is 0.224 e. The first-order valence-electron chi connectivity index (χ1n) is 14.2. The lowest BCUT2D eigenvalue weighted by molar-refractivity contribution is -0.130. The Morgan fingerprint density at radius 1 is 1.02 bits per heavy atom. The molecular formula is C33H39FN4O2. The summed E-state index contributed by atoms with van der Waals surface area (Å²) in [6, 6.07) is 20.2. The fraction of sp³-hybridized carbons (Fsp3) is 0.424. The third-order valence-electron chi connectivity index (χ3n) is 8.69. The largest absolute Gasteiger partial charge is 0.343 e. The lowest BCUT2D eigenvalue weighted by atomic mass is 9.64. The van der Waals surface area contributed by atoms with E-state index < -0.39 is 11.2 Å². The molecule has 0 radical (unpaired) electrons. The van der Waals surface area contributed by atoms with Gasteiger partial charge in [-0.05, 0) is 55.7 Å². The zero-order valence-corrected chi connectivity index (χ0v) is 23.6. The maximum atomic E-state index is 14.2. The van der Waals surface area contributed by atoms with E-state index in [-0.39, 0.29) is 17.9 Å². The van der Waals surface area contributed by atoms with Crippen molar-refractivity contribution in [3.05, 3.63) is 72.4 Å². The normalized spacial score (nSPS) is 26.0. The van der Waals surface area contributed by atoms with Gasteiger partial charge in [-0.25, -0.2) is 4.39 Å². The van der Waals surface area contributed by atoms with Crippen LogP contribution in [0.15, 0.2) is 66.9 Å². The van der Waals surface area contributed by atoms with Crippen LogP contribution in [0.2, 0.25) is 0 Å². The van der Waals surface area contributed by atoms with Gasteiger partial charge in [-0.15, -0.1) is 0 Å². The van der Waals surface area contributed by atoms with Crippen molar-refractivity contribution in [3.63, 3.8) is 0 Å². The molecule has 2 saturated carbocycles. The molecule has 210 valence electrons. The summed E-state index contributed by atoms with van der Waals surface area (Å²) < 4.78 is 14.2. The number of halogens is 1. The van der Waals surface area contributed by atoms with Gasteiger partial charge < -0.3 is 16.0 Å². The topological polar surface area (TPSA) is 88.3 Å². The number of carbonyl (C=O) groups excluding carboxylic acids is 2. The summed E-state index contributed by atoms with van der Waals surface area (Å²) in [5, 5.41) is 3.06. The van der Waals surface area contributed by atoms with Gasteiger partial charge in [-0.1, -0.05) is 54.6 Å². The van der Waals surface area contributed by atoms with Gasteiger partial charge in [0.1, 0.15) is 5.67 Å². The number of nitrogens with one attached hydrogen (secondary N) is 1. The van der Waals surface area contributed by atoms with Crippen LogP contribution in [-0.2, 0) is 15.1 Å². The molecule has 7 heteroatoms. The molecule has 6 nitrogen and oxygen atoms in total. The van der Waals surface area contributed by atoms with Crippen molar-refractivity contribution in [2.24, 2.45) is 11.7 Å².